The van der Waals surface area contributed by atoms with E-state index in [9.17, 15) is 5.21 Å². The highest BCUT2D eigenvalue weighted by atomic mass is 16.7. The molecule has 0 fully saturated rings. The maximum absolute atomic E-state index is 10.7. The quantitative estimate of drug-likeness (QED) is 0.346. The molecule has 2 N–H and O–H groups in total. The number of aromatic nitrogens is 4. The number of rotatable bonds is 3. The summed E-state index contributed by atoms with van der Waals surface area (Å²) in [5.41, 5.74) is 5.26. The van der Waals surface area contributed by atoms with Gasteiger partial charge in [0.25, 0.3) is 6.67 Å². The molecule has 0 radical (unpaired) electrons. The molecule has 0 aliphatic carbocycles. The Morgan fingerprint density at radius 1 is 1.83 bits per heavy atom. The third-order valence-electron chi connectivity index (χ3n) is 0.987. The number of hydrogen-bond acceptors (Lipinski definition) is 7. The minimum atomic E-state index is -0.202. The van der Waals surface area contributed by atoms with Crippen molar-refractivity contribution in [2.75, 3.05) is 12.8 Å². The average molecular weight is 173 g/mol. The highest BCUT2D eigenvalue weighted by Crippen LogP contribution is 1.91. The highest BCUT2D eigenvalue weighted by molar-refractivity contribution is 5.09. The number of tetrazole rings is 1. The first kappa shape index (κ1) is 8.17. The topological polar surface area (TPSA) is 117 Å². The fourth-order valence-electron chi connectivity index (χ4n) is 0.544. The van der Waals surface area contributed by atoms with Crippen molar-refractivity contribution in [3.63, 3.8) is 0 Å². The summed E-state index contributed by atoms with van der Waals surface area (Å²) in [6, 6.07) is 0. The first-order chi connectivity index (χ1) is 5.74. The maximum Gasteiger partial charge on any atom is 0.282 e. The Balaban J connectivity index is 2.64. The molecule has 0 aliphatic rings. The fourth-order valence-corrected chi connectivity index (χ4v) is 0.544. The molecule has 0 saturated heterocycles. The molecule has 1 rings (SSSR count). The molecule has 9 nitrogen and oxygen atoms in total. The first-order valence-corrected chi connectivity index (χ1v) is 2.94. The van der Waals surface area contributed by atoms with Crippen LogP contribution >= 0.6 is 0 Å². The Labute approximate surface area is 67.0 Å². The minimum absolute atomic E-state index is 0.0437. The van der Waals surface area contributed by atoms with Gasteiger partial charge in [0.2, 0.25) is 11.2 Å². The summed E-state index contributed by atoms with van der Waals surface area (Å²) in [6.45, 7) is -0.202. The van der Waals surface area contributed by atoms with E-state index in [2.05, 4.69) is 25.6 Å². The van der Waals surface area contributed by atoms with Crippen LogP contribution in [-0.2, 0) is 11.5 Å². The van der Waals surface area contributed by atoms with Crippen molar-refractivity contribution >= 4 is 5.95 Å². The van der Waals surface area contributed by atoms with Gasteiger partial charge in [0.15, 0.2) is 0 Å². The van der Waals surface area contributed by atoms with Crippen LogP contribution in [0, 0.1) is 5.21 Å². The van der Waals surface area contributed by atoms with E-state index >= 15 is 0 Å². The van der Waals surface area contributed by atoms with Crippen molar-refractivity contribution in [1.82, 2.24) is 20.2 Å². The van der Waals surface area contributed by atoms with Crippen LogP contribution < -0.4 is 5.73 Å². The smallest absolute Gasteiger partial charge is 0.282 e. The van der Waals surface area contributed by atoms with Gasteiger partial charge in [-0.3, -0.25) is 0 Å². The standard InChI is InChI=1S/C3H7N7O2/c1-12-8-10(11)2-9-3(4)5-6-7-9/h2H2,1H3,(H2,4,5,7). The Kier molecular flexibility index (Phi) is 2.35. The molecule has 1 aromatic heterocycles. The molecule has 66 valence electrons. The van der Waals surface area contributed by atoms with Crippen LogP contribution in [0.4, 0.5) is 5.95 Å². The number of hydrogen-bond donors (Lipinski definition) is 1. The zero-order valence-electron chi connectivity index (χ0n) is 6.28. The minimum Gasteiger partial charge on any atom is -0.596 e. The average Bonchev–Trinajstić information content (AvgIpc) is 2.37. The summed E-state index contributed by atoms with van der Waals surface area (Å²) in [4.78, 5) is 4.46. The summed E-state index contributed by atoms with van der Waals surface area (Å²) in [5, 5.41) is 23.8. The molecule has 0 unspecified atom stereocenters. The number of nitrogen functional groups attached to an aromatic ring is 1. The van der Waals surface area contributed by atoms with Crippen molar-refractivity contribution in [2.24, 2.45) is 5.28 Å². The molecular weight excluding hydrogens is 166 g/mol. The molecule has 0 spiro atoms. The number of hydroxylamine groups is 1. The van der Waals surface area contributed by atoms with Gasteiger partial charge in [0.05, 0.1) is 0 Å². The van der Waals surface area contributed by atoms with Gasteiger partial charge in [-0.2, -0.15) is 0 Å². The van der Waals surface area contributed by atoms with E-state index < -0.39 is 0 Å². The van der Waals surface area contributed by atoms with Gasteiger partial charge in [0, 0.05) is 0 Å². The second-order valence-corrected chi connectivity index (χ2v) is 1.79. The Bertz CT molecular complexity index is 280. The van der Waals surface area contributed by atoms with Crippen LogP contribution in [0.5, 0.6) is 0 Å². The van der Waals surface area contributed by atoms with Crippen LogP contribution in [0.25, 0.3) is 0 Å². The normalized spacial score (nSPS) is 11.6. The second kappa shape index (κ2) is 3.46. The molecule has 0 atom stereocenters. The van der Waals surface area contributed by atoms with Crippen LogP contribution in [-0.4, -0.2) is 32.2 Å². The fraction of sp³-hybridized carbons (Fsp3) is 0.667. The summed E-state index contributed by atoms with van der Waals surface area (Å²) in [6.07, 6.45) is 0. The summed E-state index contributed by atoms with van der Waals surface area (Å²) >= 11 is 0. The lowest BCUT2D eigenvalue weighted by Gasteiger charge is -1.98. The molecule has 9 heteroatoms. The van der Waals surface area contributed by atoms with Gasteiger partial charge in [-0.1, -0.05) is 5.10 Å². The maximum atomic E-state index is 10.7. The zero-order chi connectivity index (χ0) is 8.97. The third kappa shape index (κ3) is 1.78. The lowest BCUT2D eigenvalue weighted by Crippen LogP contribution is -2.13. The molecule has 1 heterocycles. The molecule has 0 aromatic carbocycles. The van der Waals surface area contributed by atoms with Crippen molar-refractivity contribution in [1.29, 1.82) is 0 Å². The van der Waals surface area contributed by atoms with Crippen LogP contribution in [0.15, 0.2) is 5.28 Å². The lowest BCUT2D eigenvalue weighted by molar-refractivity contribution is -0.587. The zero-order valence-corrected chi connectivity index (χ0v) is 6.28. The second-order valence-electron chi connectivity index (χ2n) is 1.79. The molecule has 0 bridgehead atoms. The van der Waals surface area contributed by atoms with Crippen LogP contribution in [0.2, 0.25) is 0 Å². The van der Waals surface area contributed by atoms with E-state index in [4.69, 9.17) is 5.73 Å². The van der Waals surface area contributed by atoms with Gasteiger partial charge in [-0.15, -0.1) is 4.68 Å². The summed E-state index contributed by atoms with van der Waals surface area (Å²) in [5.74, 6) is 0.0437. The summed E-state index contributed by atoms with van der Waals surface area (Å²) in [7, 11) is 1.26. The number of nitrogens with zero attached hydrogens (tertiary/aromatic N) is 6. The van der Waals surface area contributed by atoms with E-state index in [1.54, 1.807) is 0 Å². The van der Waals surface area contributed by atoms with E-state index in [1.165, 1.54) is 7.11 Å². The largest absolute Gasteiger partial charge is 0.596 e. The van der Waals surface area contributed by atoms with Crippen LogP contribution in [0.3, 0.4) is 0 Å². The van der Waals surface area contributed by atoms with Gasteiger partial charge >= 0.3 is 0 Å². The first-order valence-electron chi connectivity index (χ1n) is 2.94. The predicted molar refractivity (Wildman–Crippen MR) is 35.3 cm³/mol. The van der Waals surface area contributed by atoms with Crippen molar-refractivity contribution in [3.8, 4) is 0 Å². The van der Waals surface area contributed by atoms with Gasteiger partial charge in [-0.05, 0) is 15.3 Å². The highest BCUT2D eigenvalue weighted by Gasteiger charge is 2.05. The van der Waals surface area contributed by atoms with Crippen molar-refractivity contribution in [2.45, 2.75) is 6.67 Å². The molecule has 12 heavy (non-hydrogen) atoms. The van der Waals surface area contributed by atoms with E-state index in [0.29, 0.717) is 0 Å². The van der Waals surface area contributed by atoms with Crippen molar-refractivity contribution < 1.29 is 9.70 Å². The molecule has 0 aliphatic heterocycles. The third-order valence-corrected chi connectivity index (χ3v) is 0.987. The molecular formula is C3H7N7O2. The number of anilines is 1. The Morgan fingerprint density at radius 3 is 3.08 bits per heavy atom. The van der Waals surface area contributed by atoms with E-state index in [0.717, 1.165) is 4.68 Å². The van der Waals surface area contributed by atoms with Gasteiger partial charge in [-0.25, -0.2) is 0 Å². The molecule has 1 aromatic rings. The Morgan fingerprint density at radius 2 is 2.58 bits per heavy atom. The van der Waals surface area contributed by atoms with Crippen molar-refractivity contribution in [3.05, 3.63) is 5.21 Å². The van der Waals surface area contributed by atoms with Gasteiger partial charge < -0.3 is 15.8 Å². The monoisotopic (exact) mass is 173 g/mol. The molecule has 0 saturated carbocycles. The summed E-state index contributed by atoms with van der Waals surface area (Å²) < 4.78 is 1.08. The Hall–Kier alpha value is -1.93. The SMILES string of the molecule is CON=[N+]([O-])Cn1nnnc1N. The lowest BCUT2D eigenvalue weighted by atomic mass is 11.0. The molecule has 0 amide bonds. The van der Waals surface area contributed by atoms with Gasteiger partial charge in [0.1, 0.15) is 7.11 Å². The van der Waals surface area contributed by atoms with Crippen LogP contribution in [0.1, 0.15) is 0 Å². The predicted octanol–water partition coefficient (Wildman–Crippen LogP) is -1.26. The van der Waals surface area contributed by atoms with E-state index in [1.807, 2.05) is 0 Å². The number of nitrogens with two attached hydrogens (primary N) is 1. The van der Waals surface area contributed by atoms with E-state index in [-0.39, 0.29) is 17.5 Å².